The number of benzene rings is 1. The molecule has 1 amide bonds. The van der Waals surface area contributed by atoms with Gasteiger partial charge in [-0.05, 0) is 18.4 Å². The van der Waals surface area contributed by atoms with E-state index in [1.807, 2.05) is 18.2 Å². The van der Waals surface area contributed by atoms with Crippen molar-refractivity contribution in [2.75, 3.05) is 7.11 Å². The first-order valence-electron chi connectivity index (χ1n) is 4.68. The van der Waals surface area contributed by atoms with Crippen molar-refractivity contribution in [2.24, 2.45) is 0 Å². The predicted octanol–water partition coefficient (Wildman–Crippen LogP) is 1.69. The van der Waals surface area contributed by atoms with Gasteiger partial charge in [0.15, 0.2) is 0 Å². The molecule has 0 radical (unpaired) electrons. The minimum Gasteiger partial charge on any atom is -0.277 e. The number of rotatable bonds is 5. The highest BCUT2D eigenvalue weighted by atomic mass is 16.6. The molecule has 0 aliphatic carbocycles. The molecule has 0 saturated heterocycles. The van der Waals surface area contributed by atoms with Crippen LogP contribution in [0.3, 0.4) is 0 Å². The van der Waals surface area contributed by atoms with Crippen LogP contribution >= 0.6 is 0 Å². The standard InChI is InChI=1S/C11H15NO2/c1-14-12-11(13)9-5-8-10-6-3-2-4-7-10/h2-4,6-7H,5,8-9H2,1H3,(H,12,13). The highest BCUT2D eigenvalue weighted by Crippen LogP contribution is 2.03. The van der Waals surface area contributed by atoms with Gasteiger partial charge in [-0.25, -0.2) is 5.48 Å². The second kappa shape index (κ2) is 6.16. The molecule has 0 bridgehead atoms. The summed E-state index contributed by atoms with van der Waals surface area (Å²) in [6.07, 6.45) is 2.28. The van der Waals surface area contributed by atoms with Crippen molar-refractivity contribution < 1.29 is 9.63 Å². The normalized spacial score (nSPS) is 9.79. The van der Waals surface area contributed by atoms with Crippen LogP contribution in [0, 0.1) is 0 Å². The van der Waals surface area contributed by atoms with E-state index in [0.717, 1.165) is 12.8 Å². The van der Waals surface area contributed by atoms with Gasteiger partial charge in [0.25, 0.3) is 0 Å². The van der Waals surface area contributed by atoms with E-state index >= 15 is 0 Å². The van der Waals surface area contributed by atoms with E-state index in [-0.39, 0.29) is 5.91 Å². The number of carbonyl (C=O) groups excluding carboxylic acids is 1. The average Bonchev–Trinajstić information content (AvgIpc) is 2.20. The maximum Gasteiger partial charge on any atom is 0.243 e. The van der Waals surface area contributed by atoms with Crippen LogP contribution in [-0.4, -0.2) is 13.0 Å². The fourth-order valence-corrected chi connectivity index (χ4v) is 1.26. The molecule has 0 fully saturated rings. The largest absolute Gasteiger partial charge is 0.277 e. The first-order chi connectivity index (χ1) is 6.83. The molecule has 76 valence electrons. The highest BCUT2D eigenvalue weighted by Gasteiger charge is 1.99. The Morgan fingerprint density at radius 2 is 2.07 bits per heavy atom. The maximum absolute atomic E-state index is 11.0. The van der Waals surface area contributed by atoms with Crippen LogP contribution in [0.5, 0.6) is 0 Å². The Morgan fingerprint density at radius 3 is 2.71 bits per heavy atom. The summed E-state index contributed by atoms with van der Waals surface area (Å²) < 4.78 is 0. The SMILES string of the molecule is CONC(=O)CCCc1ccccc1. The van der Waals surface area contributed by atoms with Crippen LogP contribution in [-0.2, 0) is 16.1 Å². The molecule has 14 heavy (non-hydrogen) atoms. The molecule has 3 heteroatoms. The summed E-state index contributed by atoms with van der Waals surface area (Å²) in [6.45, 7) is 0. The minimum absolute atomic E-state index is 0.0663. The first-order valence-corrected chi connectivity index (χ1v) is 4.68. The van der Waals surface area contributed by atoms with Crippen molar-refractivity contribution >= 4 is 5.91 Å². The fourth-order valence-electron chi connectivity index (χ4n) is 1.26. The van der Waals surface area contributed by atoms with Crippen molar-refractivity contribution in [2.45, 2.75) is 19.3 Å². The molecule has 1 aromatic rings. The highest BCUT2D eigenvalue weighted by molar-refractivity contribution is 5.74. The van der Waals surface area contributed by atoms with Crippen molar-refractivity contribution in [1.82, 2.24) is 5.48 Å². The molecule has 1 rings (SSSR count). The number of aryl methyl sites for hydroxylation is 1. The van der Waals surface area contributed by atoms with Gasteiger partial charge in [0.2, 0.25) is 5.91 Å². The van der Waals surface area contributed by atoms with Crippen LogP contribution in [0.4, 0.5) is 0 Å². The van der Waals surface area contributed by atoms with Gasteiger partial charge >= 0.3 is 0 Å². The molecule has 0 aliphatic rings. The minimum atomic E-state index is -0.0663. The summed E-state index contributed by atoms with van der Waals surface area (Å²) in [5.41, 5.74) is 3.55. The second-order valence-electron chi connectivity index (χ2n) is 3.07. The Kier molecular flexibility index (Phi) is 4.72. The lowest BCUT2D eigenvalue weighted by Gasteiger charge is -2.01. The summed E-state index contributed by atoms with van der Waals surface area (Å²) in [5.74, 6) is -0.0663. The topological polar surface area (TPSA) is 38.3 Å². The number of nitrogens with one attached hydrogen (secondary N) is 1. The fraction of sp³-hybridized carbons (Fsp3) is 0.364. The van der Waals surface area contributed by atoms with Gasteiger partial charge < -0.3 is 0 Å². The first kappa shape index (κ1) is 10.7. The monoisotopic (exact) mass is 193 g/mol. The quantitative estimate of drug-likeness (QED) is 0.723. The lowest BCUT2D eigenvalue weighted by Crippen LogP contribution is -2.21. The van der Waals surface area contributed by atoms with Gasteiger partial charge in [0, 0.05) is 6.42 Å². The summed E-state index contributed by atoms with van der Waals surface area (Å²) in [6, 6.07) is 10.1. The van der Waals surface area contributed by atoms with Gasteiger partial charge in [-0.1, -0.05) is 30.3 Å². The van der Waals surface area contributed by atoms with E-state index < -0.39 is 0 Å². The van der Waals surface area contributed by atoms with E-state index in [9.17, 15) is 4.79 Å². The summed E-state index contributed by atoms with van der Waals surface area (Å²) in [4.78, 5) is 15.5. The molecular formula is C11H15NO2. The zero-order valence-electron chi connectivity index (χ0n) is 8.32. The van der Waals surface area contributed by atoms with Crippen molar-refractivity contribution in [3.8, 4) is 0 Å². The van der Waals surface area contributed by atoms with Crippen LogP contribution < -0.4 is 5.48 Å². The number of hydroxylamine groups is 1. The van der Waals surface area contributed by atoms with Crippen molar-refractivity contribution in [1.29, 1.82) is 0 Å². The van der Waals surface area contributed by atoms with Crippen LogP contribution in [0.25, 0.3) is 0 Å². The molecule has 0 aliphatic heterocycles. The second-order valence-corrected chi connectivity index (χ2v) is 3.07. The lowest BCUT2D eigenvalue weighted by atomic mass is 10.1. The average molecular weight is 193 g/mol. The molecule has 1 N–H and O–H groups in total. The van der Waals surface area contributed by atoms with Crippen molar-refractivity contribution in [3.63, 3.8) is 0 Å². The molecule has 1 aromatic carbocycles. The van der Waals surface area contributed by atoms with E-state index in [1.54, 1.807) is 0 Å². The zero-order chi connectivity index (χ0) is 10.2. The zero-order valence-corrected chi connectivity index (χ0v) is 8.32. The van der Waals surface area contributed by atoms with Crippen LogP contribution in [0.1, 0.15) is 18.4 Å². The number of carbonyl (C=O) groups is 1. The van der Waals surface area contributed by atoms with Gasteiger partial charge in [-0.3, -0.25) is 9.63 Å². The van der Waals surface area contributed by atoms with Gasteiger partial charge in [-0.15, -0.1) is 0 Å². The smallest absolute Gasteiger partial charge is 0.243 e. The van der Waals surface area contributed by atoms with E-state index in [4.69, 9.17) is 0 Å². The summed E-state index contributed by atoms with van der Waals surface area (Å²) >= 11 is 0. The molecule has 0 saturated carbocycles. The molecule has 0 spiro atoms. The van der Waals surface area contributed by atoms with Crippen LogP contribution in [0.2, 0.25) is 0 Å². The molecule has 0 heterocycles. The Morgan fingerprint density at radius 1 is 1.36 bits per heavy atom. The lowest BCUT2D eigenvalue weighted by molar-refractivity contribution is -0.131. The Balaban J connectivity index is 2.19. The van der Waals surface area contributed by atoms with Crippen LogP contribution in [0.15, 0.2) is 30.3 Å². The third-order valence-corrected chi connectivity index (χ3v) is 1.93. The van der Waals surface area contributed by atoms with E-state index in [2.05, 4.69) is 22.5 Å². The molecule has 0 atom stereocenters. The molecule has 0 unspecified atom stereocenters. The van der Waals surface area contributed by atoms with Crippen molar-refractivity contribution in [3.05, 3.63) is 35.9 Å². The predicted molar refractivity (Wildman–Crippen MR) is 54.5 cm³/mol. The Labute approximate surface area is 84.0 Å². The third kappa shape index (κ3) is 4.05. The Bertz CT molecular complexity index is 272. The number of hydrogen-bond acceptors (Lipinski definition) is 2. The van der Waals surface area contributed by atoms with Gasteiger partial charge in [0.05, 0.1) is 7.11 Å². The molecular weight excluding hydrogens is 178 g/mol. The number of hydrogen-bond donors (Lipinski definition) is 1. The molecule has 0 aromatic heterocycles. The van der Waals surface area contributed by atoms with E-state index in [1.165, 1.54) is 12.7 Å². The summed E-state index contributed by atoms with van der Waals surface area (Å²) in [5, 5.41) is 0. The maximum atomic E-state index is 11.0. The van der Waals surface area contributed by atoms with Gasteiger partial charge in [0.1, 0.15) is 0 Å². The number of amides is 1. The van der Waals surface area contributed by atoms with E-state index in [0.29, 0.717) is 6.42 Å². The Hall–Kier alpha value is -1.35. The van der Waals surface area contributed by atoms with Gasteiger partial charge in [-0.2, -0.15) is 0 Å². The molecule has 3 nitrogen and oxygen atoms in total. The summed E-state index contributed by atoms with van der Waals surface area (Å²) in [7, 11) is 1.44. The third-order valence-electron chi connectivity index (χ3n) is 1.93.